The minimum absolute atomic E-state index is 0.0905. The summed E-state index contributed by atoms with van der Waals surface area (Å²) < 4.78 is 33.3. The van der Waals surface area contributed by atoms with E-state index in [4.69, 9.17) is 24.3 Å². The zero-order valence-electron chi connectivity index (χ0n) is 34.6. The molecular weight excluding hydrogens is 673 g/mol. The monoisotopic (exact) mass is 762 g/mol. The number of hydrogen-bond acceptors (Lipinski definition) is 7. The maximum absolute atomic E-state index is 12.5. The van der Waals surface area contributed by atoms with Crippen molar-refractivity contribution < 1.29 is 32.8 Å². The van der Waals surface area contributed by atoms with Crippen LogP contribution in [-0.2, 0) is 27.9 Å². The Morgan fingerprint density at radius 1 is 0.500 bits per heavy atom. The molecule has 3 N–H and O–H groups in total. The summed E-state index contributed by atoms with van der Waals surface area (Å²) in [6.45, 7) is 4.95. The van der Waals surface area contributed by atoms with Crippen LogP contribution in [0.15, 0.2) is 0 Å². The Hall–Kier alpha value is -0.500. The summed E-state index contributed by atoms with van der Waals surface area (Å²) in [5.74, 6) is -0.325. The number of hydrogen-bond donors (Lipinski definition) is 2. The van der Waals surface area contributed by atoms with Crippen LogP contribution in [0.1, 0.15) is 232 Å². The molecule has 0 aliphatic rings. The van der Waals surface area contributed by atoms with Gasteiger partial charge in [0, 0.05) is 19.6 Å². The highest BCUT2D eigenvalue weighted by Crippen LogP contribution is 2.43. The molecule has 8 nitrogen and oxygen atoms in total. The van der Waals surface area contributed by atoms with Crippen molar-refractivity contribution in [1.82, 2.24) is 0 Å². The van der Waals surface area contributed by atoms with Crippen molar-refractivity contribution in [2.24, 2.45) is 5.73 Å². The Morgan fingerprint density at radius 3 is 1.21 bits per heavy atom. The molecule has 312 valence electrons. The van der Waals surface area contributed by atoms with Crippen molar-refractivity contribution in [3.05, 3.63) is 0 Å². The van der Waals surface area contributed by atoms with E-state index in [2.05, 4.69) is 13.8 Å². The maximum Gasteiger partial charge on any atom is 0.472 e. The maximum atomic E-state index is 12.5. The molecule has 0 radical (unpaired) electrons. The lowest BCUT2D eigenvalue weighted by molar-refractivity contribution is -0.154. The molecule has 0 aromatic heterocycles. The number of unbranched alkanes of at least 4 members (excludes halogenated alkanes) is 31. The fourth-order valence-electron chi connectivity index (χ4n) is 6.70. The van der Waals surface area contributed by atoms with Crippen LogP contribution < -0.4 is 5.73 Å². The second kappa shape index (κ2) is 41.7. The number of phosphoric acid groups is 1. The second-order valence-corrected chi connectivity index (χ2v) is 16.7. The third-order valence-corrected chi connectivity index (χ3v) is 11.0. The molecule has 0 amide bonds. The van der Waals surface area contributed by atoms with Gasteiger partial charge in [0.05, 0.1) is 19.8 Å². The standard InChI is InChI=1S/C43H88NO7P/c1-3-5-7-9-11-13-14-15-16-17-18-19-20-21-22-23-24-25-26-27-28-29-30-32-34-36-43(45)51-42(41-50-52(46,47)49-39-37-44)40-48-38-35-33-31-12-10-8-6-4-2/h42H,3-41,44H2,1-2H3,(H,46,47). The van der Waals surface area contributed by atoms with Crippen LogP contribution >= 0.6 is 7.82 Å². The Kier molecular flexibility index (Phi) is 41.3. The summed E-state index contributed by atoms with van der Waals surface area (Å²) in [6.07, 6.45) is 42.9. The molecule has 0 aliphatic heterocycles. The molecular formula is C43H88NO7P. The highest BCUT2D eigenvalue weighted by Gasteiger charge is 2.25. The Morgan fingerprint density at radius 2 is 0.846 bits per heavy atom. The van der Waals surface area contributed by atoms with E-state index in [-0.39, 0.29) is 32.3 Å². The topological polar surface area (TPSA) is 117 Å². The quantitative estimate of drug-likeness (QED) is 0.0358. The van der Waals surface area contributed by atoms with Crippen molar-refractivity contribution in [3.8, 4) is 0 Å². The molecule has 0 aromatic carbocycles. The van der Waals surface area contributed by atoms with Gasteiger partial charge < -0.3 is 20.1 Å². The number of esters is 1. The van der Waals surface area contributed by atoms with Gasteiger partial charge in [0.15, 0.2) is 0 Å². The lowest BCUT2D eigenvalue weighted by atomic mass is 10.0. The minimum Gasteiger partial charge on any atom is -0.457 e. The van der Waals surface area contributed by atoms with Crippen LogP contribution in [0.3, 0.4) is 0 Å². The van der Waals surface area contributed by atoms with Crippen molar-refractivity contribution in [2.75, 3.05) is 33.0 Å². The van der Waals surface area contributed by atoms with E-state index in [9.17, 15) is 14.3 Å². The molecule has 52 heavy (non-hydrogen) atoms. The number of nitrogens with two attached hydrogens (primary N) is 1. The number of carbonyl (C=O) groups is 1. The zero-order chi connectivity index (χ0) is 38.1. The third-order valence-electron chi connectivity index (χ3n) is 10.0. The fourth-order valence-corrected chi connectivity index (χ4v) is 7.47. The summed E-state index contributed by atoms with van der Waals surface area (Å²) in [6, 6.07) is 0. The Bertz CT molecular complexity index is 772. The van der Waals surface area contributed by atoms with Crippen LogP contribution in [0.25, 0.3) is 0 Å². The van der Waals surface area contributed by atoms with Gasteiger partial charge in [0.2, 0.25) is 0 Å². The predicted octanol–water partition coefficient (Wildman–Crippen LogP) is 13.3. The molecule has 2 atom stereocenters. The van der Waals surface area contributed by atoms with Gasteiger partial charge in [0.25, 0.3) is 0 Å². The van der Waals surface area contributed by atoms with E-state index >= 15 is 0 Å². The highest BCUT2D eigenvalue weighted by molar-refractivity contribution is 7.47. The van der Waals surface area contributed by atoms with Gasteiger partial charge >= 0.3 is 13.8 Å². The van der Waals surface area contributed by atoms with Crippen LogP contribution in [0, 0.1) is 0 Å². The van der Waals surface area contributed by atoms with Crippen molar-refractivity contribution >= 4 is 13.8 Å². The van der Waals surface area contributed by atoms with E-state index in [1.54, 1.807) is 0 Å². The largest absolute Gasteiger partial charge is 0.472 e. The summed E-state index contributed by atoms with van der Waals surface area (Å²) >= 11 is 0. The molecule has 0 saturated heterocycles. The number of carbonyl (C=O) groups excluding carboxylic acids is 1. The van der Waals surface area contributed by atoms with Crippen LogP contribution in [0.5, 0.6) is 0 Å². The molecule has 0 spiro atoms. The highest BCUT2D eigenvalue weighted by atomic mass is 31.2. The lowest BCUT2D eigenvalue weighted by Gasteiger charge is -2.20. The van der Waals surface area contributed by atoms with E-state index in [0.717, 1.165) is 32.1 Å². The predicted molar refractivity (Wildman–Crippen MR) is 220 cm³/mol. The number of phosphoric ester groups is 1. The molecule has 0 fully saturated rings. The molecule has 0 aliphatic carbocycles. The molecule has 0 saturated carbocycles. The van der Waals surface area contributed by atoms with Crippen LogP contribution in [0.4, 0.5) is 0 Å². The van der Waals surface area contributed by atoms with E-state index in [1.165, 1.54) is 180 Å². The molecule has 0 rings (SSSR count). The SMILES string of the molecule is CCCCCCCCCCCCCCCCCCCCCCCCCCCC(=O)OC(COCCCCCCCCCC)COP(=O)(O)OCCN. The van der Waals surface area contributed by atoms with Gasteiger partial charge in [-0.2, -0.15) is 0 Å². The average molecular weight is 762 g/mol. The van der Waals surface area contributed by atoms with Gasteiger partial charge in [-0.05, 0) is 12.8 Å². The summed E-state index contributed by atoms with van der Waals surface area (Å²) in [4.78, 5) is 22.4. The van der Waals surface area contributed by atoms with Gasteiger partial charge in [-0.3, -0.25) is 13.8 Å². The normalized spacial score (nSPS) is 13.4. The first-order chi connectivity index (χ1) is 25.4. The average Bonchev–Trinajstić information content (AvgIpc) is 3.13. The summed E-state index contributed by atoms with van der Waals surface area (Å²) in [7, 11) is -4.26. The van der Waals surface area contributed by atoms with Gasteiger partial charge in [-0.15, -0.1) is 0 Å². The lowest BCUT2D eigenvalue weighted by Crippen LogP contribution is -2.28. The van der Waals surface area contributed by atoms with Crippen molar-refractivity contribution in [2.45, 2.75) is 238 Å². The molecule has 0 heterocycles. The van der Waals surface area contributed by atoms with Gasteiger partial charge in [-0.25, -0.2) is 4.57 Å². The third kappa shape index (κ3) is 40.7. The first-order valence-electron chi connectivity index (χ1n) is 22.5. The number of ether oxygens (including phenoxy) is 2. The number of rotatable bonds is 44. The van der Waals surface area contributed by atoms with Gasteiger partial charge in [0.1, 0.15) is 6.10 Å². The first kappa shape index (κ1) is 51.5. The smallest absolute Gasteiger partial charge is 0.457 e. The van der Waals surface area contributed by atoms with Gasteiger partial charge in [-0.1, -0.05) is 213 Å². The van der Waals surface area contributed by atoms with Crippen molar-refractivity contribution in [3.63, 3.8) is 0 Å². The molecule has 2 unspecified atom stereocenters. The minimum atomic E-state index is -4.26. The zero-order valence-corrected chi connectivity index (χ0v) is 35.5. The summed E-state index contributed by atoms with van der Waals surface area (Å²) in [5.41, 5.74) is 5.36. The van der Waals surface area contributed by atoms with Crippen LogP contribution in [-0.4, -0.2) is 49.9 Å². The fraction of sp³-hybridized carbons (Fsp3) is 0.977. The first-order valence-corrected chi connectivity index (χ1v) is 24.0. The molecule has 9 heteroatoms. The van der Waals surface area contributed by atoms with Crippen LogP contribution in [0.2, 0.25) is 0 Å². The Balaban J connectivity index is 3.77. The molecule has 0 aromatic rings. The summed E-state index contributed by atoms with van der Waals surface area (Å²) in [5, 5.41) is 0. The van der Waals surface area contributed by atoms with Crippen molar-refractivity contribution in [1.29, 1.82) is 0 Å². The Labute approximate surface area is 322 Å². The van der Waals surface area contributed by atoms with E-state index in [0.29, 0.717) is 13.0 Å². The van der Waals surface area contributed by atoms with E-state index < -0.39 is 13.9 Å². The molecule has 0 bridgehead atoms. The second-order valence-electron chi connectivity index (χ2n) is 15.3. The van der Waals surface area contributed by atoms with E-state index in [1.807, 2.05) is 0 Å².